The molecular formula is C15H21FN2. The van der Waals surface area contributed by atoms with Gasteiger partial charge in [0.15, 0.2) is 0 Å². The summed E-state index contributed by atoms with van der Waals surface area (Å²) < 4.78 is 13.4. The molecule has 98 valence electrons. The highest BCUT2D eigenvalue weighted by atomic mass is 19.1. The van der Waals surface area contributed by atoms with E-state index in [9.17, 15) is 4.39 Å². The zero-order valence-corrected chi connectivity index (χ0v) is 10.7. The van der Waals surface area contributed by atoms with E-state index in [2.05, 4.69) is 4.90 Å². The molecule has 2 nitrogen and oxygen atoms in total. The molecule has 3 heteroatoms. The summed E-state index contributed by atoms with van der Waals surface area (Å²) in [5.41, 5.74) is 7.21. The highest BCUT2D eigenvalue weighted by Crippen LogP contribution is 2.37. The maximum Gasteiger partial charge on any atom is 0.127 e. The second-order valence-corrected chi connectivity index (χ2v) is 5.78. The van der Waals surface area contributed by atoms with Crippen LogP contribution in [-0.2, 0) is 0 Å². The zero-order chi connectivity index (χ0) is 12.5. The van der Waals surface area contributed by atoms with Crippen LogP contribution in [0.15, 0.2) is 18.2 Å². The number of hydrogen-bond acceptors (Lipinski definition) is 2. The molecule has 2 fully saturated rings. The molecule has 0 aromatic heterocycles. The molecule has 2 N–H and O–H groups in total. The molecule has 1 heterocycles. The fourth-order valence-corrected chi connectivity index (χ4v) is 3.61. The van der Waals surface area contributed by atoms with E-state index in [1.807, 2.05) is 6.07 Å². The third-order valence-electron chi connectivity index (χ3n) is 4.56. The maximum atomic E-state index is 13.4. The Bertz CT molecular complexity index is 412. The van der Waals surface area contributed by atoms with Gasteiger partial charge in [0, 0.05) is 24.5 Å². The first-order valence-electron chi connectivity index (χ1n) is 7.03. The van der Waals surface area contributed by atoms with Crippen LogP contribution in [0.4, 0.5) is 15.8 Å². The van der Waals surface area contributed by atoms with Crippen molar-refractivity contribution in [3.63, 3.8) is 0 Å². The predicted molar refractivity (Wildman–Crippen MR) is 73.1 cm³/mol. The Morgan fingerprint density at radius 1 is 1.06 bits per heavy atom. The van der Waals surface area contributed by atoms with Crippen LogP contribution in [0.25, 0.3) is 0 Å². The quantitative estimate of drug-likeness (QED) is 0.772. The first-order chi connectivity index (χ1) is 8.72. The van der Waals surface area contributed by atoms with E-state index in [1.165, 1.54) is 38.2 Å². The van der Waals surface area contributed by atoms with Crippen LogP contribution >= 0.6 is 0 Å². The summed E-state index contributed by atoms with van der Waals surface area (Å²) in [5, 5.41) is 0. The Kier molecular flexibility index (Phi) is 3.14. The Labute approximate surface area is 108 Å². The molecule has 0 bridgehead atoms. The summed E-state index contributed by atoms with van der Waals surface area (Å²) in [4.78, 5) is 2.31. The van der Waals surface area contributed by atoms with Gasteiger partial charge < -0.3 is 10.6 Å². The van der Waals surface area contributed by atoms with Gasteiger partial charge in [-0.15, -0.1) is 0 Å². The minimum atomic E-state index is -0.226. The van der Waals surface area contributed by atoms with E-state index in [1.54, 1.807) is 6.07 Å². The van der Waals surface area contributed by atoms with Gasteiger partial charge in [-0.05, 0) is 42.9 Å². The number of piperidine rings is 1. The van der Waals surface area contributed by atoms with Crippen molar-refractivity contribution in [2.75, 3.05) is 23.7 Å². The summed E-state index contributed by atoms with van der Waals surface area (Å²) in [6.07, 6.45) is 6.74. The first-order valence-corrected chi connectivity index (χ1v) is 7.03. The Balaban J connectivity index is 1.76. The molecular weight excluding hydrogens is 227 g/mol. The molecule has 3 rings (SSSR count). The smallest absolute Gasteiger partial charge is 0.127 e. The standard InChI is InChI=1S/C15H21FN2/c16-13-7-14(17)9-15(8-13)18-6-5-11-3-1-2-4-12(11)10-18/h7-9,11-12H,1-6,10,17H2. The van der Waals surface area contributed by atoms with Crippen molar-refractivity contribution in [2.45, 2.75) is 32.1 Å². The van der Waals surface area contributed by atoms with Gasteiger partial charge in [0.05, 0.1) is 0 Å². The minimum absolute atomic E-state index is 0.226. The summed E-state index contributed by atoms with van der Waals surface area (Å²) in [7, 11) is 0. The molecule has 1 aliphatic carbocycles. The summed E-state index contributed by atoms with van der Waals surface area (Å²) >= 11 is 0. The number of anilines is 2. The van der Waals surface area contributed by atoms with Crippen LogP contribution in [0.2, 0.25) is 0 Å². The highest BCUT2D eigenvalue weighted by Gasteiger charge is 2.31. The Hall–Kier alpha value is -1.25. The van der Waals surface area contributed by atoms with E-state index in [4.69, 9.17) is 5.73 Å². The van der Waals surface area contributed by atoms with Crippen molar-refractivity contribution in [3.8, 4) is 0 Å². The van der Waals surface area contributed by atoms with E-state index in [0.717, 1.165) is 30.6 Å². The highest BCUT2D eigenvalue weighted by molar-refractivity contribution is 5.56. The molecule has 1 saturated heterocycles. The van der Waals surface area contributed by atoms with Gasteiger partial charge in [-0.3, -0.25) is 0 Å². The van der Waals surface area contributed by atoms with Crippen LogP contribution in [0.3, 0.4) is 0 Å². The van der Waals surface area contributed by atoms with Gasteiger partial charge in [-0.1, -0.05) is 19.3 Å². The Morgan fingerprint density at radius 3 is 2.61 bits per heavy atom. The van der Waals surface area contributed by atoms with Crippen molar-refractivity contribution in [2.24, 2.45) is 11.8 Å². The molecule has 2 atom stereocenters. The lowest BCUT2D eigenvalue weighted by molar-refractivity contribution is 0.202. The normalized spacial score (nSPS) is 27.9. The van der Waals surface area contributed by atoms with E-state index in [0.29, 0.717) is 5.69 Å². The predicted octanol–water partition coefficient (Wildman–Crippen LogP) is 3.42. The van der Waals surface area contributed by atoms with Gasteiger partial charge in [-0.2, -0.15) is 0 Å². The van der Waals surface area contributed by atoms with Crippen LogP contribution in [0, 0.1) is 17.7 Å². The number of hydrogen-bond donors (Lipinski definition) is 1. The molecule has 0 amide bonds. The van der Waals surface area contributed by atoms with Gasteiger partial charge in [-0.25, -0.2) is 4.39 Å². The lowest BCUT2D eigenvalue weighted by Crippen LogP contribution is -2.41. The van der Waals surface area contributed by atoms with Crippen LogP contribution in [0.1, 0.15) is 32.1 Å². The zero-order valence-electron chi connectivity index (χ0n) is 10.7. The lowest BCUT2D eigenvalue weighted by atomic mass is 9.75. The first kappa shape index (κ1) is 11.8. The van der Waals surface area contributed by atoms with Crippen LogP contribution < -0.4 is 10.6 Å². The second kappa shape index (κ2) is 4.79. The van der Waals surface area contributed by atoms with Gasteiger partial charge in [0.2, 0.25) is 0 Å². The lowest BCUT2D eigenvalue weighted by Gasteiger charge is -2.42. The van der Waals surface area contributed by atoms with Crippen molar-refractivity contribution in [1.82, 2.24) is 0 Å². The average molecular weight is 248 g/mol. The van der Waals surface area contributed by atoms with Crippen molar-refractivity contribution < 1.29 is 4.39 Å². The second-order valence-electron chi connectivity index (χ2n) is 5.78. The fourth-order valence-electron chi connectivity index (χ4n) is 3.61. The fraction of sp³-hybridized carbons (Fsp3) is 0.600. The van der Waals surface area contributed by atoms with Crippen molar-refractivity contribution in [1.29, 1.82) is 0 Å². The molecule has 18 heavy (non-hydrogen) atoms. The van der Waals surface area contributed by atoms with Crippen molar-refractivity contribution >= 4 is 11.4 Å². The Morgan fingerprint density at radius 2 is 1.83 bits per heavy atom. The molecule has 2 unspecified atom stereocenters. The number of rotatable bonds is 1. The number of nitrogen functional groups attached to an aromatic ring is 1. The number of benzene rings is 1. The van der Waals surface area contributed by atoms with Gasteiger partial charge >= 0.3 is 0 Å². The van der Waals surface area contributed by atoms with Crippen molar-refractivity contribution in [3.05, 3.63) is 24.0 Å². The monoisotopic (exact) mass is 248 g/mol. The van der Waals surface area contributed by atoms with Gasteiger partial charge in [0.1, 0.15) is 5.82 Å². The molecule has 0 spiro atoms. The minimum Gasteiger partial charge on any atom is -0.399 e. The molecule has 2 aliphatic rings. The van der Waals surface area contributed by atoms with E-state index < -0.39 is 0 Å². The maximum absolute atomic E-state index is 13.4. The molecule has 1 aromatic rings. The topological polar surface area (TPSA) is 29.3 Å². The largest absolute Gasteiger partial charge is 0.399 e. The molecule has 1 aromatic carbocycles. The summed E-state index contributed by atoms with van der Waals surface area (Å²) in [5.74, 6) is 1.48. The van der Waals surface area contributed by atoms with Gasteiger partial charge in [0.25, 0.3) is 0 Å². The molecule has 1 aliphatic heterocycles. The number of nitrogens with two attached hydrogens (primary N) is 1. The summed E-state index contributed by atoms with van der Waals surface area (Å²) in [6.45, 7) is 2.12. The molecule has 0 radical (unpaired) electrons. The van der Waals surface area contributed by atoms with E-state index in [-0.39, 0.29) is 5.82 Å². The number of fused-ring (bicyclic) bond motifs is 1. The third kappa shape index (κ3) is 2.31. The van der Waals surface area contributed by atoms with E-state index >= 15 is 0 Å². The summed E-state index contributed by atoms with van der Waals surface area (Å²) in [6, 6.07) is 4.89. The third-order valence-corrected chi connectivity index (χ3v) is 4.56. The van der Waals surface area contributed by atoms with Crippen LogP contribution in [-0.4, -0.2) is 13.1 Å². The number of halogens is 1. The number of nitrogens with zero attached hydrogens (tertiary/aromatic N) is 1. The van der Waals surface area contributed by atoms with Crippen LogP contribution in [0.5, 0.6) is 0 Å². The average Bonchev–Trinajstić information content (AvgIpc) is 2.37. The molecule has 1 saturated carbocycles. The SMILES string of the molecule is Nc1cc(F)cc(N2CCC3CCCCC3C2)c1.